The molecule has 0 bridgehead atoms. The van der Waals surface area contributed by atoms with Crippen molar-refractivity contribution in [2.24, 2.45) is 5.73 Å². The molecule has 1 aromatic rings. The van der Waals surface area contributed by atoms with Crippen LogP contribution in [0.4, 0.5) is 22.0 Å². The fraction of sp³-hybridized carbons (Fsp3) is 0.500. The lowest BCUT2D eigenvalue weighted by atomic mass is 10.1. The smallest absolute Gasteiger partial charge is 0.330 e. The first-order valence-corrected chi connectivity index (χ1v) is 6.45. The second-order valence-corrected chi connectivity index (χ2v) is 5.19. The standard InChI is InChI=1S/C12H13BrF5NO/c13-8-2-1-7(10(14)4-8)3-9(19)5-20-6-12(17,18)11(15)16/h1-2,4,9,11H,3,5-6,19H2. The predicted octanol–water partition coefficient (Wildman–Crippen LogP) is 3.38. The minimum absolute atomic E-state index is 0.0549. The maximum absolute atomic E-state index is 13.5. The molecular formula is C12H13BrF5NO. The zero-order valence-electron chi connectivity index (χ0n) is 10.3. The Morgan fingerprint density at radius 1 is 1.30 bits per heavy atom. The number of halogens is 6. The summed E-state index contributed by atoms with van der Waals surface area (Å²) in [5, 5.41) is 0. The molecule has 0 heterocycles. The lowest BCUT2D eigenvalue weighted by molar-refractivity contribution is -0.166. The molecule has 1 atom stereocenters. The van der Waals surface area contributed by atoms with Crippen LogP contribution < -0.4 is 5.73 Å². The van der Waals surface area contributed by atoms with Crippen molar-refractivity contribution in [1.82, 2.24) is 0 Å². The third-order valence-electron chi connectivity index (χ3n) is 2.44. The Balaban J connectivity index is 2.42. The molecule has 20 heavy (non-hydrogen) atoms. The highest BCUT2D eigenvalue weighted by molar-refractivity contribution is 9.10. The first kappa shape index (κ1) is 17.3. The lowest BCUT2D eigenvalue weighted by Crippen LogP contribution is -2.36. The van der Waals surface area contributed by atoms with E-state index in [0.717, 1.165) is 0 Å². The van der Waals surface area contributed by atoms with Crippen LogP contribution in [-0.2, 0) is 11.2 Å². The largest absolute Gasteiger partial charge is 0.373 e. The monoisotopic (exact) mass is 361 g/mol. The van der Waals surface area contributed by atoms with Crippen LogP contribution in [0.5, 0.6) is 0 Å². The summed E-state index contributed by atoms with van der Waals surface area (Å²) in [5.41, 5.74) is 5.88. The second-order valence-electron chi connectivity index (χ2n) is 4.28. The summed E-state index contributed by atoms with van der Waals surface area (Å²) in [5.74, 6) is -4.70. The van der Waals surface area contributed by atoms with E-state index in [-0.39, 0.29) is 13.0 Å². The van der Waals surface area contributed by atoms with Crippen LogP contribution >= 0.6 is 15.9 Å². The first-order valence-electron chi connectivity index (χ1n) is 5.65. The molecule has 1 rings (SSSR count). The normalized spacial score (nSPS) is 13.8. The SMILES string of the molecule is NC(COCC(F)(F)C(F)F)Cc1ccc(Br)cc1F. The second kappa shape index (κ2) is 7.33. The van der Waals surface area contributed by atoms with E-state index in [9.17, 15) is 22.0 Å². The van der Waals surface area contributed by atoms with Gasteiger partial charge in [0.05, 0.1) is 6.61 Å². The zero-order valence-corrected chi connectivity index (χ0v) is 11.8. The summed E-state index contributed by atoms with van der Waals surface area (Å²) < 4.78 is 67.3. The van der Waals surface area contributed by atoms with Gasteiger partial charge >= 0.3 is 12.3 Å². The van der Waals surface area contributed by atoms with E-state index in [1.807, 2.05) is 0 Å². The quantitative estimate of drug-likeness (QED) is 0.755. The van der Waals surface area contributed by atoms with Crippen molar-refractivity contribution in [3.63, 3.8) is 0 Å². The summed E-state index contributed by atoms with van der Waals surface area (Å²) >= 11 is 3.09. The molecular weight excluding hydrogens is 349 g/mol. The fourth-order valence-corrected chi connectivity index (χ4v) is 1.77. The van der Waals surface area contributed by atoms with Crippen LogP contribution in [0.15, 0.2) is 22.7 Å². The third-order valence-corrected chi connectivity index (χ3v) is 2.94. The molecule has 0 aliphatic carbocycles. The molecule has 2 N–H and O–H groups in total. The molecule has 0 amide bonds. The predicted molar refractivity (Wildman–Crippen MR) is 67.5 cm³/mol. The fourth-order valence-electron chi connectivity index (χ4n) is 1.44. The summed E-state index contributed by atoms with van der Waals surface area (Å²) in [6.45, 7) is -1.78. The minimum atomic E-state index is -4.21. The summed E-state index contributed by atoms with van der Waals surface area (Å²) in [6, 6.07) is 3.58. The van der Waals surface area contributed by atoms with E-state index < -0.39 is 30.8 Å². The molecule has 0 aromatic heterocycles. The molecule has 0 saturated carbocycles. The molecule has 0 spiro atoms. The lowest BCUT2D eigenvalue weighted by Gasteiger charge is -2.17. The number of alkyl halides is 4. The zero-order chi connectivity index (χ0) is 15.3. The van der Waals surface area contributed by atoms with Gasteiger partial charge < -0.3 is 10.5 Å². The van der Waals surface area contributed by atoms with Gasteiger partial charge in [0.25, 0.3) is 0 Å². The highest BCUT2D eigenvalue weighted by atomic mass is 79.9. The first-order chi connectivity index (χ1) is 9.22. The minimum Gasteiger partial charge on any atom is -0.373 e. The van der Waals surface area contributed by atoms with Crippen LogP contribution in [0.3, 0.4) is 0 Å². The molecule has 114 valence electrons. The summed E-state index contributed by atoms with van der Waals surface area (Å²) in [7, 11) is 0. The summed E-state index contributed by atoms with van der Waals surface area (Å²) in [4.78, 5) is 0. The van der Waals surface area contributed by atoms with Crippen LogP contribution in [0.1, 0.15) is 5.56 Å². The highest BCUT2D eigenvalue weighted by Crippen LogP contribution is 2.23. The van der Waals surface area contributed by atoms with Crippen LogP contribution in [-0.4, -0.2) is 31.6 Å². The van der Waals surface area contributed by atoms with Gasteiger partial charge in [0.1, 0.15) is 12.4 Å². The van der Waals surface area contributed by atoms with Gasteiger partial charge in [-0.05, 0) is 24.1 Å². The van der Waals surface area contributed by atoms with E-state index in [4.69, 9.17) is 5.73 Å². The average molecular weight is 362 g/mol. The van der Waals surface area contributed by atoms with E-state index in [0.29, 0.717) is 10.0 Å². The van der Waals surface area contributed by atoms with Crippen LogP contribution in [0.2, 0.25) is 0 Å². The Morgan fingerprint density at radius 3 is 2.50 bits per heavy atom. The number of hydrogen-bond acceptors (Lipinski definition) is 2. The Morgan fingerprint density at radius 2 is 1.95 bits per heavy atom. The average Bonchev–Trinajstić information content (AvgIpc) is 2.32. The highest BCUT2D eigenvalue weighted by Gasteiger charge is 2.41. The molecule has 0 radical (unpaired) electrons. The van der Waals surface area contributed by atoms with Gasteiger partial charge in [-0.25, -0.2) is 13.2 Å². The molecule has 1 unspecified atom stereocenters. The van der Waals surface area contributed by atoms with Crippen molar-refractivity contribution in [2.45, 2.75) is 24.8 Å². The van der Waals surface area contributed by atoms with Gasteiger partial charge in [-0.15, -0.1) is 0 Å². The summed E-state index contributed by atoms with van der Waals surface area (Å²) in [6.07, 6.45) is -3.73. The Kier molecular flexibility index (Phi) is 6.35. The number of nitrogens with two attached hydrogens (primary N) is 1. The van der Waals surface area contributed by atoms with Gasteiger partial charge in [0, 0.05) is 10.5 Å². The topological polar surface area (TPSA) is 35.2 Å². The molecule has 0 aliphatic heterocycles. The molecule has 1 aromatic carbocycles. The van der Waals surface area contributed by atoms with Crippen LogP contribution in [0.25, 0.3) is 0 Å². The van der Waals surface area contributed by atoms with Crippen molar-refractivity contribution < 1.29 is 26.7 Å². The van der Waals surface area contributed by atoms with E-state index >= 15 is 0 Å². The van der Waals surface area contributed by atoms with Crippen molar-refractivity contribution in [3.05, 3.63) is 34.1 Å². The van der Waals surface area contributed by atoms with Crippen molar-refractivity contribution in [3.8, 4) is 0 Å². The van der Waals surface area contributed by atoms with Gasteiger partial charge in [-0.3, -0.25) is 0 Å². The molecule has 0 saturated heterocycles. The molecule has 0 aliphatic rings. The molecule has 2 nitrogen and oxygen atoms in total. The number of ether oxygens (including phenoxy) is 1. The van der Waals surface area contributed by atoms with E-state index in [1.54, 1.807) is 6.07 Å². The third kappa shape index (κ3) is 5.34. The van der Waals surface area contributed by atoms with E-state index in [2.05, 4.69) is 20.7 Å². The van der Waals surface area contributed by atoms with Gasteiger partial charge in [0.15, 0.2) is 0 Å². The van der Waals surface area contributed by atoms with Crippen molar-refractivity contribution >= 4 is 15.9 Å². The van der Waals surface area contributed by atoms with Gasteiger partial charge in [-0.1, -0.05) is 22.0 Å². The van der Waals surface area contributed by atoms with Gasteiger partial charge in [0.2, 0.25) is 0 Å². The Labute approximate surface area is 121 Å². The Bertz CT molecular complexity index is 444. The maximum atomic E-state index is 13.5. The van der Waals surface area contributed by atoms with Crippen molar-refractivity contribution in [2.75, 3.05) is 13.2 Å². The van der Waals surface area contributed by atoms with Crippen LogP contribution in [0, 0.1) is 5.82 Å². The van der Waals surface area contributed by atoms with Crippen molar-refractivity contribution in [1.29, 1.82) is 0 Å². The number of rotatable bonds is 7. The number of hydrogen-bond donors (Lipinski definition) is 1. The number of benzene rings is 1. The molecule has 0 fully saturated rings. The van der Waals surface area contributed by atoms with Gasteiger partial charge in [-0.2, -0.15) is 8.78 Å². The van der Waals surface area contributed by atoms with E-state index in [1.165, 1.54) is 12.1 Å². The maximum Gasteiger partial charge on any atom is 0.330 e. The Hall–Kier alpha value is -0.730. The molecule has 8 heteroatoms.